The van der Waals surface area contributed by atoms with Gasteiger partial charge in [-0.25, -0.2) is 4.79 Å². The number of ether oxygens (including phenoxy) is 2. The Morgan fingerprint density at radius 3 is 2.33 bits per heavy atom. The molecule has 7 nitrogen and oxygen atoms in total. The summed E-state index contributed by atoms with van der Waals surface area (Å²) in [5.74, 6) is 7.32. The molecule has 3 aromatic carbocycles. The molecule has 0 aliphatic carbocycles. The zero-order valence-electron chi connectivity index (χ0n) is 22.1. The van der Waals surface area contributed by atoms with Gasteiger partial charge in [0.05, 0.1) is 13.2 Å². The maximum Gasteiger partial charge on any atom is 0.321 e. The van der Waals surface area contributed by atoms with E-state index in [4.69, 9.17) is 9.47 Å². The summed E-state index contributed by atoms with van der Waals surface area (Å²) in [4.78, 5) is 28.6. The number of anilines is 1. The summed E-state index contributed by atoms with van der Waals surface area (Å²) in [6.45, 7) is 3.06. The number of amides is 2. The van der Waals surface area contributed by atoms with E-state index in [1.807, 2.05) is 71.6 Å². The lowest BCUT2D eigenvalue weighted by atomic mass is 9.74. The van der Waals surface area contributed by atoms with E-state index in [2.05, 4.69) is 34.2 Å². The Morgan fingerprint density at radius 1 is 0.949 bits per heavy atom. The quantitative estimate of drug-likeness (QED) is 0.374. The number of nitrogens with zero attached hydrogens (tertiary/aromatic N) is 2. The van der Waals surface area contributed by atoms with Gasteiger partial charge in [-0.2, -0.15) is 0 Å². The number of carbonyl (C=O) groups is 2. The number of hydrogen-bond donors (Lipinski definition) is 1. The molecule has 2 heterocycles. The van der Waals surface area contributed by atoms with Crippen LogP contribution in [0, 0.1) is 11.8 Å². The molecule has 0 aromatic heterocycles. The van der Waals surface area contributed by atoms with Crippen molar-refractivity contribution in [3.8, 4) is 17.6 Å². The summed E-state index contributed by atoms with van der Waals surface area (Å²) in [6, 6.07) is 25.7. The molecule has 2 aliphatic rings. The van der Waals surface area contributed by atoms with Gasteiger partial charge in [0.2, 0.25) is 0 Å². The van der Waals surface area contributed by atoms with Crippen molar-refractivity contribution >= 4 is 18.2 Å². The van der Waals surface area contributed by atoms with Gasteiger partial charge in [-0.1, -0.05) is 42.2 Å². The molecule has 0 unspecified atom stereocenters. The maximum atomic E-state index is 13.3. The smallest absolute Gasteiger partial charge is 0.321 e. The number of methoxy groups -OCH3 is 1. The fraction of sp³-hybridized carbons (Fsp3) is 0.312. The molecule has 0 bridgehead atoms. The van der Waals surface area contributed by atoms with Crippen LogP contribution in [-0.2, 0) is 9.53 Å². The predicted octanol–water partition coefficient (Wildman–Crippen LogP) is 4.73. The number of fused-ring (bicyclic) bond motifs is 1. The summed E-state index contributed by atoms with van der Waals surface area (Å²) in [7, 11) is 1.62. The first kappa shape index (κ1) is 26.3. The second-order valence-electron chi connectivity index (χ2n) is 9.88. The summed E-state index contributed by atoms with van der Waals surface area (Å²) in [6.07, 6.45) is 1.89. The first-order valence-corrected chi connectivity index (χ1v) is 13.3. The van der Waals surface area contributed by atoms with E-state index in [1.54, 1.807) is 7.11 Å². The van der Waals surface area contributed by atoms with Crippen molar-refractivity contribution in [3.05, 3.63) is 95.6 Å². The number of rotatable bonds is 6. The van der Waals surface area contributed by atoms with Gasteiger partial charge < -0.3 is 19.7 Å². The molecule has 1 N–H and O–H groups in total. The lowest BCUT2D eigenvalue weighted by Gasteiger charge is -2.57. The molecule has 2 fully saturated rings. The molecule has 3 atom stereocenters. The molecular weight excluding hydrogens is 490 g/mol. The van der Waals surface area contributed by atoms with Crippen molar-refractivity contribution in [2.75, 3.05) is 38.7 Å². The fourth-order valence-electron chi connectivity index (χ4n) is 5.58. The van der Waals surface area contributed by atoms with Gasteiger partial charge in [0.25, 0.3) is 6.47 Å². The molecule has 7 heteroatoms. The van der Waals surface area contributed by atoms with Gasteiger partial charge in [-0.3, -0.25) is 9.69 Å². The molecule has 3 aromatic rings. The molecule has 5 rings (SSSR count). The molecule has 2 saturated heterocycles. The Labute approximate surface area is 229 Å². The molecule has 39 heavy (non-hydrogen) atoms. The average Bonchev–Trinajstić information content (AvgIpc) is 2.96. The monoisotopic (exact) mass is 523 g/mol. The lowest BCUT2D eigenvalue weighted by molar-refractivity contribution is -0.136. The molecule has 0 radical (unpaired) electrons. The molecule has 0 spiro atoms. The Hall–Kier alpha value is -4.28. The van der Waals surface area contributed by atoms with Gasteiger partial charge in [0.1, 0.15) is 12.4 Å². The zero-order valence-corrected chi connectivity index (χ0v) is 22.1. The van der Waals surface area contributed by atoms with Crippen molar-refractivity contribution in [3.63, 3.8) is 0 Å². The molecule has 200 valence electrons. The molecule has 2 amide bonds. The number of urea groups is 1. The van der Waals surface area contributed by atoms with E-state index in [0.717, 1.165) is 47.5 Å². The SMILES string of the molecule is COc1ccc(NC(=O)N2CCCCN3[C@H](COC=O)[C@H](c4ccc(C#Cc5ccccc5)cc4)[C@@H]3C2)cc1. The Balaban J connectivity index is 1.33. The van der Waals surface area contributed by atoms with Crippen LogP contribution in [0.5, 0.6) is 5.75 Å². The largest absolute Gasteiger partial charge is 0.497 e. The highest BCUT2D eigenvalue weighted by molar-refractivity contribution is 5.89. The minimum Gasteiger partial charge on any atom is -0.497 e. The summed E-state index contributed by atoms with van der Waals surface area (Å²) in [5.41, 5.74) is 3.81. The van der Waals surface area contributed by atoms with E-state index in [1.165, 1.54) is 0 Å². The molecular formula is C32H33N3O4. The number of nitrogens with one attached hydrogen (secondary N) is 1. The van der Waals surface area contributed by atoms with Crippen LogP contribution in [-0.4, -0.2) is 67.7 Å². The minimum atomic E-state index is -0.111. The van der Waals surface area contributed by atoms with Crippen LogP contribution in [0.3, 0.4) is 0 Å². The maximum absolute atomic E-state index is 13.3. The van der Waals surface area contributed by atoms with Crippen LogP contribution in [0.1, 0.15) is 35.4 Å². The van der Waals surface area contributed by atoms with Crippen LogP contribution in [0.4, 0.5) is 10.5 Å². The summed E-state index contributed by atoms with van der Waals surface area (Å²) >= 11 is 0. The first-order valence-electron chi connectivity index (χ1n) is 13.3. The van der Waals surface area contributed by atoms with E-state index in [0.29, 0.717) is 26.2 Å². The van der Waals surface area contributed by atoms with Gasteiger partial charge >= 0.3 is 6.03 Å². The third-order valence-electron chi connectivity index (χ3n) is 7.57. The second-order valence-corrected chi connectivity index (χ2v) is 9.88. The van der Waals surface area contributed by atoms with E-state index < -0.39 is 0 Å². The van der Waals surface area contributed by atoms with E-state index in [-0.39, 0.29) is 24.0 Å². The number of benzene rings is 3. The first-order chi connectivity index (χ1) is 19.2. The molecule has 2 aliphatic heterocycles. The van der Waals surface area contributed by atoms with Crippen LogP contribution in [0.25, 0.3) is 0 Å². The van der Waals surface area contributed by atoms with Crippen molar-refractivity contribution in [1.82, 2.24) is 9.80 Å². The van der Waals surface area contributed by atoms with Crippen molar-refractivity contribution in [2.45, 2.75) is 30.8 Å². The lowest BCUT2D eigenvalue weighted by Crippen LogP contribution is -2.68. The fourth-order valence-corrected chi connectivity index (χ4v) is 5.58. The minimum absolute atomic E-state index is 0.0750. The van der Waals surface area contributed by atoms with E-state index >= 15 is 0 Å². The van der Waals surface area contributed by atoms with Crippen LogP contribution in [0.15, 0.2) is 78.9 Å². The van der Waals surface area contributed by atoms with Gasteiger partial charge in [0, 0.05) is 41.9 Å². The third-order valence-corrected chi connectivity index (χ3v) is 7.57. The molecule has 0 saturated carbocycles. The topological polar surface area (TPSA) is 71.1 Å². The standard InChI is InChI=1S/C32H33N3O4/c1-38-28-17-15-27(16-18-28)33-32(37)34-19-5-6-20-35-29(21-34)31(30(35)22-39-23-36)26-13-11-25(12-14-26)10-9-24-7-3-2-4-8-24/h2-4,7-8,11-18,23,29-31H,5-6,19-22H2,1H3,(H,33,37)/t29-,30+,31+/m0/s1. The van der Waals surface area contributed by atoms with Crippen molar-refractivity contribution < 1.29 is 19.1 Å². The Kier molecular flexibility index (Phi) is 8.45. The second kappa shape index (κ2) is 12.5. The highest BCUT2D eigenvalue weighted by Crippen LogP contribution is 2.42. The average molecular weight is 524 g/mol. The van der Waals surface area contributed by atoms with Gasteiger partial charge in [-0.15, -0.1) is 0 Å². The van der Waals surface area contributed by atoms with Crippen LogP contribution in [0.2, 0.25) is 0 Å². The summed E-state index contributed by atoms with van der Waals surface area (Å²) < 4.78 is 10.5. The summed E-state index contributed by atoms with van der Waals surface area (Å²) in [5, 5.41) is 3.03. The highest BCUT2D eigenvalue weighted by atomic mass is 16.5. The van der Waals surface area contributed by atoms with Crippen molar-refractivity contribution in [1.29, 1.82) is 0 Å². The third kappa shape index (κ3) is 6.24. The Bertz CT molecular complexity index is 1320. The predicted molar refractivity (Wildman–Crippen MR) is 151 cm³/mol. The van der Waals surface area contributed by atoms with E-state index in [9.17, 15) is 9.59 Å². The highest BCUT2D eigenvalue weighted by Gasteiger charge is 2.50. The van der Waals surface area contributed by atoms with Crippen molar-refractivity contribution in [2.24, 2.45) is 0 Å². The number of carbonyl (C=O) groups excluding carboxylic acids is 2. The zero-order chi connectivity index (χ0) is 27.0. The number of hydrogen-bond acceptors (Lipinski definition) is 5. The van der Waals surface area contributed by atoms with Gasteiger partial charge in [0.15, 0.2) is 0 Å². The Morgan fingerprint density at radius 2 is 1.64 bits per heavy atom. The van der Waals surface area contributed by atoms with Gasteiger partial charge in [-0.05, 0) is 73.5 Å². The van der Waals surface area contributed by atoms with Crippen LogP contribution >= 0.6 is 0 Å². The normalized spacial score (nSPS) is 20.6. The van der Waals surface area contributed by atoms with Crippen LogP contribution < -0.4 is 10.1 Å².